The minimum absolute atomic E-state index is 0.0537. The van der Waals surface area contributed by atoms with Crippen molar-refractivity contribution in [2.45, 2.75) is 240 Å². The lowest BCUT2D eigenvalue weighted by molar-refractivity contribution is -0.146. The second-order valence-electron chi connectivity index (χ2n) is 25.2. The lowest BCUT2D eigenvalue weighted by Crippen LogP contribution is -2.64. The Hall–Kier alpha value is -6.40. The Kier molecular flexibility index (Phi) is 27.4. The normalized spacial score (nSPS) is 18.6. The smallest absolute Gasteiger partial charge is 0.248 e. The van der Waals surface area contributed by atoms with E-state index in [1.807, 2.05) is 48.5 Å². The van der Waals surface area contributed by atoms with Gasteiger partial charge in [-0.3, -0.25) is 57.5 Å². The van der Waals surface area contributed by atoms with E-state index in [1.165, 1.54) is 58.3 Å². The molecule has 2 rings (SSSR count). The van der Waals surface area contributed by atoms with E-state index in [0.29, 0.717) is 32.1 Å². The van der Waals surface area contributed by atoms with Crippen LogP contribution >= 0.6 is 0 Å². The second-order valence-corrected chi connectivity index (χ2v) is 25.2. The van der Waals surface area contributed by atoms with Crippen LogP contribution in [0.2, 0.25) is 0 Å². The second kappa shape index (κ2) is 31.3. The molecule has 2 heterocycles. The van der Waals surface area contributed by atoms with Crippen LogP contribution in [-0.4, -0.2) is 170 Å². The summed E-state index contributed by atoms with van der Waals surface area (Å²) in [4.78, 5) is 167. The Labute approximate surface area is 485 Å². The number of carbonyl (C=O) groups is 12. The van der Waals surface area contributed by atoms with Crippen molar-refractivity contribution in [1.29, 1.82) is 0 Å². The van der Waals surface area contributed by atoms with Gasteiger partial charge in [-0.1, -0.05) is 82.1 Å². The minimum atomic E-state index is -1.66. The molecule has 0 aromatic carbocycles. The molecule has 0 radical (unpaired) electrons. The first kappa shape index (κ1) is 71.7. The van der Waals surface area contributed by atoms with Crippen molar-refractivity contribution in [2.75, 3.05) is 19.7 Å². The van der Waals surface area contributed by atoms with Crippen molar-refractivity contribution in [3.05, 3.63) is 0 Å². The Morgan fingerprint density at radius 3 is 1.28 bits per heavy atom. The molecule has 0 aromatic heterocycles. The third-order valence-corrected chi connectivity index (χ3v) is 15.3. The van der Waals surface area contributed by atoms with Crippen LogP contribution in [0.5, 0.6) is 0 Å². The molecule has 2 aliphatic heterocycles. The summed E-state index contributed by atoms with van der Waals surface area (Å²) in [5.41, 5.74) is 0.769. The van der Waals surface area contributed by atoms with E-state index in [1.54, 1.807) is 20.8 Å². The summed E-state index contributed by atoms with van der Waals surface area (Å²) in [5, 5.41) is 34.1. The minimum Gasteiger partial charge on any atom is -0.394 e. The molecular weight excluding hydrogens is 1060 g/mol. The van der Waals surface area contributed by atoms with E-state index in [9.17, 15) is 62.6 Å². The van der Waals surface area contributed by atoms with Gasteiger partial charge in [-0.15, -0.1) is 0 Å². The highest BCUT2D eigenvalue weighted by Crippen LogP contribution is 2.25. The topological polar surface area (TPSA) is 366 Å². The Bertz CT molecular complexity index is 2300. The summed E-state index contributed by atoms with van der Waals surface area (Å²) < 4.78 is 0. The van der Waals surface area contributed by atoms with Crippen LogP contribution in [0.4, 0.5) is 0 Å². The van der Waals surface area contributed by atoms with Crippen LogP contribution in [-0.2, 0) is 57.5 Å². The predicted octanol–water partition coefficient (Wildman–Crippen LogP) is 0.290. The molecule has 12 N–H and O–H groups in total. The third-order valence-electron chi connectivity index (χ3n) is 15.3. The van der Waals surface area contributed by atoms with Crippen molar-refractivity contribution in [2.24, 2.45) is 35.3 Å². The molecule has 25 nitrogen and oxygen atoms in total. The van der Waals surface area contributed by atoms with E-state index in [-0.39, 0.29) is 56.7 Å². The highest BCUT2D eigenvalue weighted by Gasteiger charge is 2.46. The number of amides is 12. The predicted molar refractivity (Wildman–Crippen MR) is 307 cm³/mol. The van der Waals surface area contributed by atoms with Gasteiger partial charge in [0.1, 0.15) is 58.9 Å². The van der Waals surface area contributed by atoms with Crippen LogP contribution in [0.3, 0.4) is 0 Å². The van der Waals surface area contributed by atoms with Gasteiger partial charge < -0.3 is 68.5 Å². The summed E-state index contributed by atoms with van der Waals surface area (Å²) in [6.07, 6.45) is 2.01. The van der Waals surface area contributed by atoms with E-state index in [0.717, 1.165) is 0 Å². The molecule has 10 unspecified atom stereocenters. The maximum absolute atomic E-state index is 14.5. The average molecular weight is 1160 g/mol. The fourth-order valence-electron chi connectivity index (χ4n) is 9.96. The van der Waals surface area contributed by atoms with Gasteiger partial charge in [0.15, 0.2) is 0 Å². The number of nitrogens with zero attached hydrogens (tertiary/aromatic N) is 2. The maximum Gasteiger partial charge on any atom is 0.248 e. The SMILES string of the molecule is CCC(C)C(NC(=O)C(CC(N)=O)NC(=O)C(C)(C)NC(C)=O)C(=O)NC(CC(C)C)C(=O)NC(C)(C)C(=O)N1CCCC1C(=O)NC(C(=O)NC(CC(C)C)C(=O)NC(C)(C)C(=O)N1CCCC1C(=O)NC(CO)C(C)C)C(C)CC. The summed E-state index contributed by atoms with van der Waals surface area (Å²) in [5.74, 6) is -9.50. The Balaban J connectivity index is 2.32. The first-order valence-electron chi connectivity index (χ1n) is 29.1. The van der Waals surface area contributed by atoms with Gasteiger partial charge in [-0.2, -0.15) is 0 Å². The first-order chi connectivity index (χ1) is 37.8. The summed E-state index contributed by atoms with van der Waals surface area (Å²) in [7, 11) is 0. The fourth-order valence-corrected chi connectivity index (χ4v) is 9.96. The average Bonchev–Trinajstić information content (AvgIpc) is 4.07. The van der Waals surface area contributed by atoms with E-state index < -0.39 is 154 Å². The number of likely N-dealkylation sites (tertiary alicyclic amines) is 2. The molecule has 2 aliphatic rings. The van der Waals surface area contributed by atoms with Crippen molar-refractivity contribution < 1.29 is 62.6 Å². The quantitative estimate of drug-likeness (QED) is 0.0445. The largest absolute Gasteiger partial charge is 0.394 e. The molecule has 12 amide bonds. The number of hydrogen-bond acceptors (Lipinski definition) is 13. The molecule has 10 atom stereocenters. The van der Waals surface area contributed by atoms with Crippen molar-refractivity contribution in [1.82, 2.24) is 57.7 Å². The summed E-state index contributed by atoms with van der Waals surface area (Å²) in [6.45, 7) is 28.2. The van der Waals surface area contributed by atoms with Gasteiger partial charge in [0.25, 0.3) is 0 Å². The lowest BCUT2D eigenvalue weighted by Gasteiger charge is -2.36. The van der Waals surface area contributed by atoms with Gasteiger partial charge in [-0.25, -0.2) is 0 Å². The van der Waals surface area contributed by atoms with E-state index in [4.69, 9.17) is 5.73 Å². The zero-order valence-corrected chi connectivity index (χ0v) is 51.8. The summed E-state index contributed by atoms with van der Waals surface area (Å²) >= 11 is 0. The monoisotopic (exact) mass is 1160 g/mol. The molecular formula is C57H100N12O13. The molecule has 0 spiro atoms. The van der Waals surface area contributed by atoms with Crippen LogP contribution in [0.1, 0.15) is 175 Å². The fraction of sp³-hybridized carbons (Fsp3) is 0.789. The summed E-state index contributed by atoms with van der Waals surface area (Å²) in [6, 6.07) is -8.76. The zero-order chi connectivity index (χ0) is 62.9. The lowest BCUT2D eigenvalue weighted by atomic mass is 9.95. The number of nitrogens with two attached hydrogens (primary N) is 1. The van der Waals surface area contributed by atoms with Gasteiger partial charge >= 0.3 is 0 Å². The molecule has 0 aliphatic carbocycles. The third kappa shape index (κ3) is 20.8. The highest BCUT2D eigenvalue weighted by molar-refractivity contribution is 6.01. The van der Waals surface area contributed by atoms with Gasteiger partial charge in [-0.05, 0) is 110 Å². The molecule has 2 saturated heterocycles. The van der Waals surface area contributed by atoms with Crippen molar-refractivity contribution in [3.63, 3.8) is 0 Å². The van der Waals surface area contributed by atoms with E-state index in [2.05, 4.69) is 47.9 Å². The Morgan fingerprint density at radius 1 is 0.524 bits per heavy atom. The van der Waals surface area contributed by atoms with Gasteiger partial charge in [0.05, 0.1) is 19.1 Å². The molecule has 25 heteroatoms. The van der Waals surface area contributed by atoms with Crippen molar-refractivity contribution in [3.8, 4) is 0 Å². The molecule has 0 bridgehead atoms. The Morgan fingerprint density at radius 2 is 0.927 bits per heavy atom. The number of rotatable bonds is 31. The molecule has 466 valence electrons. The maximum atomic E-state index is 14.5. The molecule has 0 aromatic rings. The highest BCUT2D eigenvalue weighted by atomic mass is 16.3. The van der Waals surface area contributed by atoms with Crippen LogP contribution in [0.25, 0.3) is 0 Å². The number of hydrogen-bond donors (Lipinski definition) is 11. The molecule has 2 fully saturated rings. The van der Waals surface area contributed by atoms with Gasteiger partial charge in [0.2, 0.25) is 70.9 Å². The van der Waals surface area contributed by atoms with Crippen LogP contribution in [0, 0.1) is 29.6 Å². The first-order valence-corrected chi connectivity index (χ1v) is 29.1. The van der Waals surface area contributed by atoms with Gasteiger partial charge in [0, 0.05) is 20.0 Å². The molecule has 82 heavy (non-hydrogen) atoms. The van der Waals surface area contributed by atoms with E-state index >= 15 is 0 Å². The zero-order valence-electron chi connectivity index (χ0n) is 51.8. The number of primary amides is 1. The standard InChI is InChI=1S/C57H100N12O13/c1-18-33(9)43(63-45(73)38(28-42(58)72)62-52(80)55(12,13)65-35(11)71)50(78)59-36(26-30(3)4)46(74)67-57(16,17)54(82)69-25-21-23-41(69)49(77)64-44(34(10)19-2)51(79)60-37(27-31(5)6)47(75)66-56(14,15)53(81)68-24-20-22-40(68)48(76)61-39(29-70)32(7)8/h30-34,36-41,43-44,70H,18-29H2,1-17H3,(H2,58,72)(H,59,78)(H,60,79)(H,61,76)(H,62,80)(H,63,73)(H,64,77)(H,65,71)(H,66,75)(H,67,74). The number of aliphatic hydroxyl groups is 1. The van der Waals surface area contributed by atoms with Crippen LogP contribution in [0.15, 0.2) is 0 Å². The number of nitrogens with one attached hydrogen (secondary N) is 9. The number of carbonyl (C=O) groups excluding carboxylic acids is 12. The van der Waals surface area contributed by atoms with Crippen LogP contribution < -0.4 is 53.6 Å². The number of aliphatic hydroxyl groups excluding tert-OH is 1. The molecule has 0 saturated carbocycles. The van der Waals surface area contributed by atoms with Crippen molar-refractivity contribution >= 4 is 70.9 Å².